The average Bonchev–Trinajstić information content (AvgIpc) is 2.51. The zero-order chi connectivity index (χ0) is 16.4. The van der Waals surface area contributed by atoms with E-state index in [2.05, 4.69) is 15.6 Å². The van der Waals surface area contributed by atoms with Crippen LogP contribution in [-0.4, -0.2) is 70.6 Å². The van der Waals surface area contributed by atoms with E-state index in [4.69, 9.17) is 4.74 Å². The number of nitrogens with one attached hydrogen (secondary N) is 2. The van der Waals surface area contributed by atoms with E-state index >= 15 is 0 Å². The lowest BCUT2D eigenvalue weighted by molar-refractivity contribution is -0.121. The molecule has 0 saturated heterocycles. The summed E-state index contributed by atoms with van der Waals surface area (Å²) in [7, 11) is -0.726. The highest BCUT2D eigenvalue weighted by atomic mass is 32.2. The highest BCUT2D eigenvalue weighted by molar-refractivity contribution is 7.89. The van der Waals surface area contributed by atoms with Crippen LogP contribution < -0.4 is 10.6 Å². The number of hydrogen-bond acceptors (Lipinski definition) is 6. The molecule has 0 spiro atoms. The summed E-state index contributed by atoms with van der Waals surface area (Å²) in [6, 6.07) is 2.98. The van der Waals surface area contributed by atoms with E-state index in [1.54, 1.807) is 7.11 Å². The van der Waals surface area contributed by atoms with Gasteiger partial charge in [-0.05, 0) is 12.1 Å². The first-order valence-electron chi connectivity index (χ1n) is 6.81. The van der Waals surface area contributed by atoms with Crippen molar-refractivity contribution in [1.82, 2.24) is 19.9 Å². The van der Waals surface area contributed by atoms with E-state index in [-0.39, 0.29) is 17.3 Å². The third-order valence-corrected chi connectivity index (χ3v) is 4.60. The Morgan fingerprint density at radius 3 is 2.77 bits per heavy atom. The van der Waals surface area contributed by atoms with Crippen LogP contribution in [0.3, 0.4) is 0 Å². The Labute approximate surface area is 130 Å². The molecule has 0 bridgehead atoms. The predicted molar refractivity (Wildman–Crippen MR) is 81.8 cm³/mol. The summed E-state index contributed by atoms with van der Waals surface area (Å²) in [4.78, 5) is 15.6. The lowest BCUT2D eigenvalue weighted by Crippen LogP contribution is -2.40. The van der Waals surface area contributed by atoms with Gasteiger partial charge in [-0.3, -0.25) is 9.78 Å². The third kappa shape index (κ3) is 6.06. The zero-order valence-electron chi connectivity index (χ0n) is 12.8. The van der Waals surface area contributed by atoms with Crippen LogP contribution in [0, 0.1) is 0 Å². The van der Waals surface area contributed by atoms with Gasteiger partial charge in [0.15, 0.2) is 0 Å². The molecule has 0 aromatic carbocycles. The topological polar surface area (TPSA) is 101 Å². The molecule has 0 unspecified atom stereocenters. The second-order valence-corrected chi connectivity index (χ2v) is 6.59. The van der Waals surface area contributed by atoms with Crippen molar-refractivity contribution >= 4 is 15.9 Å². The van der Waals surface area contributed by atoms with E-state index in [1.807, 2.05) is 0 Å². The molecule has 124 valence electrons. The summed E-state index contributed by atoms with van der Waals surface area (Å²) >= 11 is 0. The number of carbonyl (C=O) groups is 1. The van der Waals surface area contributed by atoms with Crippen molar-refractivity contribution in [2.24, 2.45) is 0 Å². The number of pyridine rings is 1. The standard InChI is InChI=1S/C13H22N4O4S/c1-17(22(19,20)12-4-3-5-15-10-12)11-13(18)16-7-6-14-8-9-21-2/h3-5,10,14H,6-9,11H2,1-2H3,(H,16,18). The van der Waals surface area contributed by atoms with E-state index in [0.717, 1.165) is 4.31 Å². The molecule has 9 heteroatoms. The molecule has 1 heterocycles. The summed E-state index contributed by atoms with van der Waals surface area (Å²) in [5, 5.41) is 5.72. The second-order valence-electron chi connectivity index (χ2n) is 4.54. The maximum Gasteiger partial charge on any atom is 0.244 e. The molecule has 1 rings (SSSR count). The molecule has 8 nitrogen and oxygen atoms in total. The molecule has 0 aliphatic rings. The van der Waals surface area contributed by atoms with Gasteiger partial charge in [0.1, 0.15) is 4.90 Å². The molecule has 1 aromatic heterocycles. The maximum atomic E-state index is 12.2. The Hall–Kier alpha value is -1.55. The monoisotopic (exact) mass is 330 g/mol. The average molecular weight is 330 g/mol. The number of methoxy groups -OCH3 is 1. The summed E-state index contributed by atoms with van der Waals surface area (Å²) < 4.78 is 30.3. The number of amides is 1. The van der Waals surface area contributed by atoms with Gasteiger partial charge in [-0.15, -0.1) is 0 Å². The van der Waals surface area contributed by atoms with Crippen molar-refractivity contribution in [1.29, 1.82) is 0 Å². The van der Waals surface area contributed by atoms with Crippen LogP contribution in [0.4, 0.5) is 0 Å². The minimum atomic E-state index is -3.70. The molecule has 0 aliphatic carbocycles. The lowest BCUT2D eigenvalue weighted by atomic mass is 10.5. The Bertz CT molecular complexity index is 550. The van der Waals surface area contributed by atoms with Gasteiger partial charge in [-0.2, -0.15) is 4.31 Å². The van der Waals surface area contributed by atoms with Crippen LogP contribution in [0.2, 0.25) is 0 Å². The fourth-order valence-electron chi connectivity index (χ4n) is 1.61. The molecule has 1 aromatic rings. The number of carbonyl (C=O) groups excluding carboxylic acids is 1. The summed E-state index contributed by atoms with van der Waals surface area (Å²) in [6.07, 6.45) is 2.74. The molecule has 22 heavy (non-hydrogen) atoms. The SMILES string of the molecule is COCCNCCNC(=O)CN(C)S(=O)(=O)c1cccnc1. The van der Waals surface area contributed by atoms with Gasteiger partial charge in [-0.1, -0.05) is 0 Å². The maximum absolute atomic E-state index is 12.2. The van der Waals surface area contributed by atoms with Gasteiger partial charge in [0.2, 0.25) is 15.9 Å². The summed E-state index contributed by atoms with van der Waals surface area (Å²) in [5.74, 6) is -0.358. The first-order chi connectivity index (χ1) is 10.5. The fraction of sp³-hybridized carbons (Fsp3) is 0.538. The molecule has 2 N–H and O–H groups in total. The molecule has 0 aliphatic heterocycles. The molecular formula is C13H22N4O4S. The minimum absolute atomic E-state index is 0.0616. The molecule has 0 radical (unpaired) electrons. The van der Waals surface area contributed by atoms with E-state index in [0.29, 0.717) is 26.2 Å². The van der Waals surface area contributed by atoms with Crippen LogP contribution in [0.5, 0.6) is 0 Å². The number of likely N-dealkylation sites (N-methyl/N-ethyl adjacent to an activating group) is 1. The van der Waals surface area contributed by atoms with Crippen molar-refractivity contribution in [3.63, 3.8) is 0 Å². The normalized spacial score (nSPS) is 11.6. The van der Waals surface area contributed by atoms with Crippen LogP contribution in [-0.2, 0) is 19.6 Å². The molecular weight excluding hydrogens is 308 g/mol. The number of nitrogens with zero attached hydrogens (tertiary/aromatic N) is 2. The number of hydrogen-bond donors (Lipinski definition) is 2. The fourth-order valence-corrected chi connectivity index (χ4v) is 2.70. The van der Waals surface area contributed by atoms with Crippen LogP contribution in [0.25, 0.3) is 0 Å². The van der Waals surface area contributed by atoms with Gasteiger partial charge < -0.3 is 15.4 Å². The smallest absolute Gasteiger partial charge is 0.244 e. The van der Waals surface area contributed by atoms with Crippen molar-refractivity contribution in [2.75, 3.05) is 46.9 Å². The van der Waals surface area contributed by atoms with Crippen molar-refractivity contribution in [3.05, 3.63) is 24.5 Å². The van der Waals surface area contributed by atoms with Crippen LogP contribution >= 0.6 is 0 Å². The molecule has 0 saturated carbocycles. The van der Waals surface area contributed by atoms with Crippen molar-refractivity contribution in [2.45, 2.75) is 4.90 Å². The first-order valence-corrected chi connectivity index (χ1v) is 8.25. The van der Waals surface area contributed by atoms with Crippen molar-refractivity contribution < 1.29 is 17.9 Å². The summed E-state index contributed by atoms with van der Waals surface area (Å²) in [5.41, 5.74) is 0. The summed E-state index contributed by atoms with van der Waals surface area (Å²) in [6.45, 7) is 2.06. The number of aromatic nitrogens is 1. The Morgan fingerprint density at radius 2 is 2.14 bits per heavy atom. The van der Waals surface area contributed by atoms with E-state index < -0.39 is 10.0 Å². The van der Waals surface area contributed by atoms with Gasteiger partial charge in [0.05, 0.1) is 13.2 Å². The highest BCUT2D eigenvalue weighted by Crippen LogP contribution is 2.11. The quantitative estimate of drug-likeness (QED) is 0.537. The molecule has 0 fully saturated rings. The Kier molecular flexibility index (Phi) is 7.96. The minimum Gasteiger partial charge on any atom is -0.383 e. The van der Waals surface area contributed by atoms with Gasteiger partial charge in [-0.25, -0.2) is 8.42 Å². The van der Waals surface area contributed by atoms with Crippen LogP contribution in [0.15, 0.2) is 29.4 Å². The second kappa shape index (κ2) is 9.46. The number of ether oxygens (including phenoxy) is 1. The van der Waals surface area contributed by atoms with Gasteiger partial charge in [0.25, 0.3) is 0 Å². The predicted octanol–water partition coefficient (Wildman–Crippen LogP) is -0.946. The molecule has 0 atom stereocenters. The number of rotatable bonds is 10. The Morgan fingerprint density at radius 1 is 1.36 bits per heavy atom. The third-order valence-electron chi connectivity index (χ3n) is 2.82. The Balaban J connectivity index is 2.38. The largest absolute Gasteiger partial charge is 0.383 e. The first kappa shape index (κ1) is 18.5. The van der Waals surface area contributed by atoms with Gasteiger partial charge >= 0.3 is 0 Å². The van der Waals surface area contributed by atoms with Crippen molar-refractivity contribution in [3.8, 4) is 0 Å². The lowest BCUT2D eigenvalue weighted by Gasteiger charge is -2.16. The van der Waals surface area contributed by atoms with Gasteiger partial charge in [0, 0.05) is 46.2 Å². The molecule has 1 amide bonds. The van der Waals surface area contributed by atoms with E-state index in [1.165, 1.54) is 31.6 Å². The van der Waals surface area contributed by atoms with Crippen LogP contribution in [0.1, 0.15) is 0 Å². The van der Waals surface area contributed by atoms with E-state index in [9.17, 15) is 13.2 Å². The number of sulfonamides is 1. The highest BCUT2D eigenvalue weighted by Gasteiger charge is 2.22. The zero-order valence-corrected chi connectivity index (χ0v) is 13.6.